The van der Waals surface area contributed by atoms with Crippen LogP contribution < -0.4 is 0 Å². The van der Waals surface area contributed by atoms with Crippen molar-refractivity contribution < 1.29 is 13.3 Å². The maximum Gasteiger partial charge on any atom is 0.180 e. The molecule has 8 heteroatoms. The van der Waals surface area contributed by atoms with E-state index in [9.17, 15) is 0 Å². The van der Waals surface area contributed by atoms with Crippen LogP contribution in [-0.2, 0) is 0 Å². The summed E-state index contributed by atoms with van der Waals surface area (Å²) >= 11 is 0. The van der Waals surface area contributed by atoms with Crippen LogP contribution >= 0.6 is 0 Å². The number of furan rings is 3. The van der Waals surface area contributed by atoms with Crippen molar-refractivity contribution in [1.82, 2.24) is 24.9 Å². The van der Waals surface area contributed by atoms with Crippen molar-refractivity contribution in [2.45, 2.75) is 0 Å². The first-order chi connectivity index (χ1) is 28.2. The standard InChI is InChI=1S/C49H27N5O3/c1-3-13-28(14-4-1)43-45-44(33-18-8-10-22-37(33)57-45)51-48(50-43)34-19-11-24-39-42(34)32-26-25-30(27-40(32)56-39)47-52-46(29-15-5-2-6-16-29)53-49(54-47)35-20-12-23-38-41(35)31-17-7-9-21-36(31)55-38/h1-27H. The van der Waals surface area contributed by atoms with Crippen molar-refractivity contribution in [3.8, 4) is 56.8 Å². The molecule has 0 aliphatic carbocycles. The maximum absolute atomic E-state index is 6.60. The highest BCUT2D eigenvalue weighted by atomic mass is 16.3. The molecular weight excluding hydrogens is 707 g/mol. The number of hydrogen-bond donors (Lipinski definition) is 0. The molecule has 0 unspecified atom stereocenters. The highest BCUT2D eigenvalue weighted by molar-refractivity contribution is 6.14. The molecule has 5 aromatic heterocycles. The fourth-order valence-electron chi connectivity index (χ4n) is 7.96. The quantitative estimate of drug-likeness (QED) is 0.172. The van der Waals surface area contributed by atoms with Crippen molar-refractivity contribution >= 4 is 65.9 Å². The molecule has 0 fully saturated rings. The van der Waals surface area contributed by atoms with Crippen LogP contribution in [-0.4, -0.2) is 24.9 Å². The van der Waals surface area contributed by atoms with Gasteiger partial charge in [0.1, 0.15) is 39.1 Å². The van der Waals surface area contributed by atoms with Crippen molar-refractivity contribution in [2.24, 2.45) is 0 Å². The summed E-state index contributed by atoms with van der Waals surface area (Å²) in [6.07, 6.45) is 0. The van der Waals surface area contributed by atoms with Crippen LogP contribution in [0.4, 0.5) is 0 Å². The molecular formula is C49H27N5O3. The number of hydrogen-bond acceptors (Lipinski definition) is 8. The van der Waals surface area contributed by atoms with Gasteiger partial charge in [-0.1, -0.05) is 121 Å². The van der Waals surface area contributed by atoms with Crippen LogP contribution in [0.25, 0.3) is 123 Å². The number of benzene rings is 7. The minimum absolute atomic E-state index is 0.527. The van der Waals surface area contributed by atoms with Gasteiger partial charge in [0.05, 0.1) is 0 Å². The Morgan fingerprint density at radius 3 is 1.56 bits per heavy atom. The fraction of sp³-hybridized carbons (Fsp3) is 0. The predicted molar refractivity (Wildman–Crippen MR) is 224 cm³/mol. The number of fused-ring (bicyclic) bond motifs is 9. The van der Waals surface area contributed by atoms with E-state index in [2.05, 4.69) is 12.1 Å². The summed E-state index contributed by atoms with van der Waals surface area (Å²) in [5.74, 6) is 2.23. The third-order valence-electron chi connectivity index (χ3n) is 10.6. The van der Waals surface area contributed by atoms with Gasteiger partial charge in [-0.25, -0.2) is 24.9 Å². The third kappa shape index (κ3) is 4.97. The first-order valence-electron chi connectivity index (χ1n) is 18.7. The minimum Gasteiger partial charge on any atom is -0.456 e. The molecule has 7 aromatic carbocycles. The molecule has 0 radical (unpaired) electrons. The number of aromatic nitrogens is 5. The molecule has 0 bridgehead atoms. The molecule has 0 aliphatic heterocycles. The topological polar surface area (TPSA) is 104 Å². The molecule has 266 valence electrons. The van der Waals surface area contributed by atoms with Gasteiger partial charge in [-0.05, 0) is 42.5 Å². The molecule has 5 heterocycles. The van der Waals surface area contributed by atoms with Gasteiger partial charge >= 0.3 is 0 Å². The van der Waals surface area contributed by atoms with E-state index < -0.39 is 0 Å². The Bertz CT molecular complexity index is 3530. The Morgan fingerprint density at radius 1 is 0.316 bits per heavy atom. The van der Waals surface area contributed by atoms with E-state index in [1.54, 1.807) is 0 Å². The van der Waals surface area contributed by atoms with Crippen molar-refractivity contribution in [2.75, 3.05) is 0 Å². The maximum atomic E-state index is 6.60. The molecule has 8 nitrogen and oxygen atoms in total. The minimum atomic E-state index is 0.527. The second-order valence-electron chi connectivity index (χ2n) is 14.0. The summed E-state index contributed by atoms with van der Waals surface area (Å²) in [4.78, 5) is 25.5. The second kappa shape index (κ2) is 12.3. The highest BCUT2D eigenvalue weighted by Crippen LogP contribution is 2.41. The molecule has 0 atom stereocenters. The molecule has 0 saturated carbocycles. The van der Waals surface area contributed by atoms with Crippen LogP contribution in [0.2, 0.25) is 0 Å². The fourth-order valence-corrected chi connectivity index (χ4v) is 7.96. The van der Waals surface area contributed by atoms with Gasteiger partial charge in [-0.2, -0.15) is 0 Å². The van der Waals surface area contributed by atoms with Gasteiger partial charge in [0.2, 0.25) is 0 Å². The van der Waals surface area contributed by atoms with E-state index >= 15 is 0 Å². The highest BCUT2D eigenvalue weighted by Gasteiger charge is 2.22. The molecule has 0 aliphatic rings. The number of rotatable bonds is 5. The summed E-state index contributed by atoms with van der Waals surface area (Å²) in [5, 5.41) is 4.75. The van der Waals surface area contributed by atoms with E-state index in [4.69, 9.17) is 38.2 Å². The smallest absolute Gasteiger partial charge is 0.180 e. The SMILES string of the molecule is c1ccc(-c2nc(-c3ccc4c(c3)oc3cccc(-c5nc(-c6ccccc6)c6oc7ccccc7c6n5)c34)nc(-c3cccc4oc5ccccc5c34)n2)cc1. The Labute approximate surface area is 323 Å². The summed E-state index contributed by atoms with van der Waals surface area (Å²) in [6, 6.07) is 54.2. The zero-order chi connectivity index (χ0) is 37.5. The lowest BCUT2D eigenvalue weighted by Crippen LogP contribution is -2.00. The second-order valence-corrected chi connectivity index (χ2v) is 14.0. The summed E-state index contributed by atoms with van der Waals surface area (Å²) in [6.45, 7) is 0. The Hall–Kier alpha value is -7.97. The van der Waals surface area contributed by atoms with Gasteiger partial charge in [0.15, 0.2) is 28.9 Å². The van der Waals surface area contributed by atoms with E-state index in [-0.39, 0.29) is 0 Å². The normalized spacial score (nSPS) is 11.9. The van der Waals surface area contributed by atoms with Crippen LogP contribution in [0.3, 0.4) is 0 Å². The zero-order valence-corrected chi connectivity index (χ0v) is 30.0. The summed E-state index contributed by atoms with van der Waals surface area (Å²) in [5.41, 5.74) is 10.3. The van der Waals surface area contributed by atoms with Crippen LogP contribution in [0.1, 0.15) is 0 Å². The Balaban J connectivity index is 1.05. The molecule has 0 saturated heterocycles. The van der Waals surface area contributed by atoms with Crippen molar-refractivity contribution in [1.29, 1.82) is 0 Å². The van der Waals surface area contributed by atoms with Gasteiger partial charge in [0, 0.05) is 54.7 Å². The van der Waals surface area contributed by atoms with Gasteiger partial charge < -0.3 is 13.3 Å². The van der Waals surface area contributed by atoms with E-state index in [0.29, 0.717) is 34.5 Å². The van der Waals surface area contributed by atoms with Crippen molar-refractivity contribution in [3.63, 3.8) is 0 Å². The molecule has 57 heavy (non-hydrogen) atoms. The summed E-state index contributed by atoms with van der Waals surface area (Å²) in [7, 11) is 0. The number of nitrogens with zero attached hydrogens (tertiary/aromatic N) is 5. The average molecular weight is 734 g/mol. The lowest BCUT2D eigenvalue weighted by Gasteiger charge is -2.09. The van der Waals surface area contributed by atoms with Crippen LogP contribution in [0.15, 0.2) is 177 Å². The first kappa shape index (κ1) is 31.4. The van der Waals surface area contributed by atoms with E-state index in [0.717, 1.165) is 88.3 Å². The van der Waals surface area contributed by atoms with Crippen LogP contribution in [0.5, 0.6) is 0 Å². The predicted octanol–water partition coefficient (Wildman–Crippen LogP) is 12.7. The Kier molecular flexibility index (Phi) is 6.76. The van der Waals surface area contributed by atoms with Crippen molar-refractivity contribution in [3.05, 3.63) is 164 Å². The molecule has 12 rings (SSSR count). The molecule has 0 N–H and O–H groups in total. The van der Waals surface area contributed by atoms with Gasteiger partial charge in [-0.3, -0.25) is 0 Å². The lowest BCUT2D eigenvalue weighted by atomic mass is 10.0. The van der Waals surface area contributed by atoms with Crippen LogP contribution in [0, 0.1) is 0 Å². The zero-order valence-electron chi connectivity index (χ0n) is 30.0. The average Bonchev–Trinajstić information content (AvgIpc) is 3.97. The largest absolute Gasteiger partial charge is 0.456 e. The monoisotopic (exact) mass is 733 g/mol. The van der Waals surface area contributed by atoms with Gasteiger partial charge in [-0.15, -0.1) is 0 Å². The lowest BCUT2D eigenvalue weighted by molar-refractivity contribution is 0.667. The van der Waals surface area contributed by atoms with Gasteiger partial charge in [0.25, 0.3) is 0 Å². The number of para-hydroxylation sites is 2. The van der Waals surface area contributed by atoms with E-state index in [1.807, 2.05) is 152 Å². The first-order valence-corrected chi connectivity index (χ1v) is 18.7. The third-order valence-corrected chi connectivity index (χ3v) is 10.6. The van der Waals surface area contributed by atoms with E-state index in [1.165, 1.54) is 0 Å². The Morgan fingerprint density at radius 2 is 0.842 bits per heavy atom. The molecule has 0 spiro atoms. The molecule has 12 aromatic rings. The molecule has 0 amide bonds. The summed E-state index contributed by atoms with van der Waals surface area (Å²) < 4.78 is 19.2.